The van der Waals surface area contributed by atoms with Gasteiger partial charge in [-0.2, -0.15) is 5.10 Å². The number of piperidine rings is 1. The van der Waals surface area contributed by atoms with Gasteiger partial charge < -0.3 is 10.2 Å². The summed E-state index contributed by atoms with van der Waals surface area (Å²) in [6.45, 7) is 6.50. The zero-order valence-corrected chi connectivity index (χ0v) is 15.4. The molecule has 1 aromatic carbocycles. The fourth-order valence-corrected chi connectivity index (χ4v) is 4.32. The van der Waals surface area contributed by atoms with Crippen LogP contribution in [0.4, 0.5) is 5.69 Å². The SMILES string of the molecule is CCn1ncc2c1CCC[C@H]2NCc1ccc(N2CCCCC2)cc1. The molecule has 2 aliphatic rings. The van der Waals surface area contributed by atoms with E-state index in [0.29, 0.717) is 6.04 Å². The Bertz CT molecular complexity index is 682. The van der Waals surface area contributed by atoms with Crippen molar-refractivity contribution in [2.45, 2.75) is 64.6 Å². The minimum atomic E-state index is 0.450. The maximum Gasteiger partial charge on any atom is 0.0540 e. The van der Waals surface area contributed by atoms with Crippen molar-refractivity contribution >= 4 is 5.69 Å². The number of anilines is 1. The summed E-state index contributed by atoms with van der Waals surface area (Å²) in [5.74, 6) is 0. The molecule has 1 aliphatic heterocycles. The first-order valence-electron chi connectivity index (χ1n) is 9.97. The van der Waals surface area contributed by atoms with Crippen LogP contribution in [0.1, 0.15) is 61.9 Å². The van der Waals surface area contributed by atoms with Gasteiger partial charge in [0, 0.05) is 49.2 Å². The van der Waals surface area contributed by atoms with Gasteiger partial charge in [-0.15, -0.1) is 0 Å². The molecule has 4 heteroatoms. The molecule has 0 spiro atoms. The minimum Gasteiger partial charge on any atom is -0.372 e. The van der Waals surface area contributed by atoms with E-state index in [4.69, 9.17) is 0 Å². The zero-order chi connectivity index (χ0) is 17.1. The van der Waals surface area contributed by atoms with Crippen LogP contribution in [0.15, 0.2) is 30.5 Å². The van der Waals surface area contributed by atoms with E-state index in [2.05, 4.69) is 57.4 Å². The van der Waals surface area contributed by atoms with Crippen LogP contribution in [0.2, 0.25) is 0 Å². The van der Waals surface area contributed by atoms with Gasteiger partial charge in [0.05, 0.1) is 6.20 Å². The molecule has 134 valence electrons. The summed E-state index contributed by atoms with van der Waals surface area (Å²) in [5, 5.41) is 8.32. The number of rotatable bonds is 5. The van der Waals surface area contributed by atoms with Gasteiger partial charge in [-0.05, 0) is 63.1 Å². The van der Waals surface area contributed by atoms with Crippen molar-refractivity contribution < 1.29 is 0 Å². The van der Waals surface area contributed by atoms with E-state index >= 15 is 0 Å². The highest BCUT2D eigenvalue weighted by Crippen LogP contribution is 2.30. The molecule has 2 heterocycles. The van der Waals surface area contributed by atoms with Crippen LogP contribution < -0.4 is 10.2 Å². The summed E-state index contributed by atoms with van der Waals surface area (Å²) in [7, 11) is 0. The number of aryl methyl sites for hydroxylation is 1. The number of fused-ring (bicyclic) bond motifs is 1. The fourth-order valence-electron chi connectivity index (χ4n) is 4.32. The van der Waals surface area contributed by atoms with E-state index < -0.39 is 0 Å². The summed E-state index contributed by atoms with van der Waals surface area (Å²) < 4.78 is 2.16. The lowest BCUT2D eigenvalue weighted by Gasteiger charge is -2.29. The molecule has 0 bridgehead atoms. The molecule has 1 atom stereocenters. The number of nitrogens with one attached hydrogen (secondary N) is 1. The smallest absolute Gasteiger partial charge is 0.0540 e. The number of benzene rings is 1. The maximum absolute atomic E-state index is 4.56. The van der Waals surface area contributed by atoms with Crippen molar-refractivity contribution in [3.8, 4) is 0 Å². The average Bonchev–Trinajstić information content (AvgIpc) is 3.11. The Labute approximate surface area is 151 Å². The van der Waals surface area contributed by atoms with E-state index in [1.54, 1.807) is 0 Å². The monoisotopic (exact) mass is 338 g/mol. The topological polar surface area (TPSA) is 33.1 Å². The Balaban J connectivity index is 1.38. The summed E-state index contributed by atoms with van der Waals surface area (Å²) in [5.41, 5.74) is 5.60. The van der Waals surface area contributed by atoms with Crippen molar-refractivity contribution in [1.82, 2.24) is 15.1 Å². The molecule has 0 saturated carbocycles. The van der Waals surface area contributed by atoms with E-state index in [9.17, 15) is 0 Å². The van der Waals surface area contributed by atoms with Gasteiger partial charge in [0.25, 0.3) is 0 Å². The lowest BCUT2D eigenvalue weighted by atomic mass is 9.93. The van der Waals surface area contributed by atoms with Crippen LogP contribution in [-0.2, 0) is 19.5 Å². The van der Waals surface area contributed by atoms with E-state index in [1.807, 2.05) is 0 Å². The first-order chi connectivity index (χ1) is 12.3. The van der Waals surface area contributed by atoms with Gasteiger partial charge in [-0.25, -0.2) is 0 Å². The second-order valence-electron chi connectivity index (χ2n) is 7.40. The molecule has 25 heavy (non-hydrogen) atoms. The molecule has 2 aromatic rings. The molecule has 1 fully saturated rings. The molecule has 0 amide bonds. The summed E-state index contributed by atoms with van der Waals surface area (Å²) >= 11 is 0. The Morgan fingerprint density at radius 2 is 1.88 bits per heavy atom. The van der Waals surface area contributed by atoms with E-state index in [0.717, 1.165) is 13.1 Å². The van der Waals surface area contributed by atoms with Crippen molar-refractivity contribution in [2.75, 3.05) is 18.0 Å². The first-order valence-corrected chi connectivity index (χ1v) is 9.97. The highest BCUT2D eigenvalue weighted by molar-refractivity contribution is 5.47. The van der Waals surface area contributed by atoms with Crippen molar-refractivity contribution in [3.05, 3.63) is 47.3 Å². The third kappa shape index (κ3) is 3.59. The second kappa shape index (κ2) is 7.61. The molecular weight excluding hydrogens is 308 g/mol. The first kappa shape index (κ1) is 16.6. The predicted molar refractivity (Wildman–Crippen MR) is 103 cm³/mol. The molecular formula is C21H30N4. The van der Waals surface area contributed by atoms with Gasteiger partial charge in [-0.1, -0.05) is 12.1 Å². The lowest BCUT2D eigenvalue weighted by Crippen LogP contribution is -2.29. The standard InChI is InChI=1S/C21H30N4/c1-2-25-21-8-6-7-20(19(21)16-23-25)22-15-17-9-11-18(12-10-17)24-13-4-3-5-14-24/h9-12,16,20,22H,2-8,13-15H2,1H3/t20-/m1/s1. The van der Waals surface area contributed by atoms with Gasteiger partial charge in [0.2, 0.25) is 0 Å². The largest absolute Gasteiger partial charge is 0.372 e. The number of nitrogens with zero attached hydrogens (tertiary/aromatic N) is 3. The normalized spacial score (nSPS) is 20.5. The predicted octanol–water partition coefficient (Wildman–Crippen LogP) is 4.06. The lowest BCUT2D eigenvalue weighted by molar-refractivity contribution is 0.448. The van der Waals surface area contributed by atoms with Crippen LogP contribution in [0.5, 0.6) is 0 Å². The van der Waals surface area contributed by atoms with Crippen molar-refractivity contribution in [2.24, 2.45) is 0 Å². The third-order valence-electron chi connectivity index (χ3n) is 5.77. The van der Waals surface area contributed by atoms with Crippen LogP contribution >= 0.6 is 0 Å². The van der Waals surface area contributed by atoms with Crippen LogP contribution in [0, 0.1) is 0 Å². The molecule has 4 rings (SSSR count). The number of hydrogen-bond donors (Lipinski definition) is 1. The maximum atomic E-state index is 4.56. The quantitative estimate of drug-likeness (QED) is 0.892. The zero-order valence-electron chi connectivity index (χ0n) is 15.4. The summed E-state index contributed by atoms with van der Waals surface area (Å²) in [6.07, 6.45) is 9.77. The van der Waals surface area contributed by atoms with E-state index in [-0.39, 0.29) is 0 Å². The molecule has 4 nitrogen and oxygen atoms in total. The molecule has 1 aliphatic carbocycles. The van der Waals surface area contributed by atoms with Gasteiger partial charge in [-0.3, -0.25) is 4.68 Å². The highest BCUT2D eigenvalue weighted by Gasteiger charge is 2.23. The summed E-state index contributed by atoms with van der Waals surface area (Å²) in [4.78, 5) is 2.52. The molecule has 1 saturated heterocycles. The van der Waals surface area contributed by atoms with Gasteiger partial charge >= 0.3 is 0 Å². The minimum absolute atomic E-state index is 0.450. The van der Waals surface area contributed by atoms with Crippen LogP contribution in [0.25, 0.3) is 0 Å². The Morgan fingerprint density at radius 1 is 1.08 bits per heavy atom. The molecule has 0 radical (unpaired) electrons. The van der Waals surface area contributed by atoms with Gasteiger partial charge in [0.1, 0.15) is 0 Å². The Hall–Kier alpha value is -1.81. The Morgan fingerprint density at radius 3 is 2.64 bits per heavy atom. The average molecular weight is 338 g/mol. The van der Waals surface area contributed by atoms with Crippen molar-refractivity contribution in [3.63, 3.8) is 0 Å². The van der Waals surface area contributed by atoms with E-state index in [1.165, 1.54) is 74.1 Å². The molecule has 1 N–H and O–H groups in total. The highest BCUT2D eigenvalue weighted by atomic mass is 15.3. The number of hydrogen-bond acceptors (Lipinski definition) is 3. The van der Waals surface area contributed by atoms with Gasteiger partial charge in [0.15, 0.2) is 0 Å². The van der Waals surface area contributed by atoms with Crippen LogP contribution in [0.3, 0.4) is 0 Å². The Kier molecular flexibility index (Phi) is 5.07. The van der Waals surface area contributed by atoms with Crippen LogP contribution in [-0.4, -0.2) is 22.9 Å². The second-order valence-corrected chi connectivity index (χ2v) is 7.40. The molecule has 1 aromatic heterocycles. The molecule has 0 unspecified atom stereocenters. The fraction of sp³-hybridized carbons (Fsp3) is 0.571. The number of aromatic nitrogens is 2. The van der Waals surface area contributed by atoms with Crippen molar-refractivity contribution in [1.29, 1.82) is 0 Å². The third-order valence-corrected chi connectivity index (χ3v) is 5.77. The summed E-state index contributed by atoms with van der Waals surface area (Å²) in [6, 6.07) is 9.62.